The summed E-state index contributed by atoms with van der Waals surface area (Å²) in [6, 6.07) is 5.43. The van der Waals surface area contributed by atoms with Crippen molar-refractivity contribution in [3.8, 4) is 0 Å². The Morgan fingerprint density at radius 1 is 1.30 bits per heavy atom. The molecule has 20 heavy (non-hydrogen) atoms. The zero-order valence-electron chi connectivity index (χ0n) is 12.2. The van der Waals surface area contributed by atoms with E-state index < -0.39 is 6.10 Å². The lowest BCUT2D eigenvalue weighted by atomic mass is 9.86. The van der Waals surface area contributed by atoms with Crippen LogP contribution in [0.3, 0.4) is 0 Å². The third-order valence-corrected chi connectivity index (χ3v) is 5.29. The lowest BCUT2D eigenvalue weighted by molar-refractivity contribution is -0.0117. The molecule has 1 heterocycles. The molecule has 0 spiro atoms. The van der Waals surface area contributed by atoms with Crippen LogP contribution in [0.15, 0.2) is 18.2 Å². The molecular formula is C16H23Cl2NO. The van der Waals surface area contributed by atoms with Gasteiger partial charge in [-0.3, -0.25) is 4.90 Å². The molecule has 0 aliphatic carbocycles. The third kappa shape index (κ3) is 3.30. The van der Waals surface area contributed by atoms with Gasteiger partial charge in [-0.05, 0) is 63.0 Å². The number of aliphatic hydroxyl groups excluding tert-OH is 1. The lowest BCUT2D eigenvalue weighted by Crippen LogP contribution is -2.53. The molecule has 0 bridgehead atoms. The first-order valence-electron chi connectivity index (χ1n) is 7.34. The van der Waals surface area contributed by atoms with E-state index in [-0.39, 0.29) is 5.54 Å². The van der Waals surface area contributed by atoms with Crippen LogP contribution in [-0.4, -0.2) is 34.7 Å². The Bertz CT molecular complexity index is 460. The second-order valence-electron chi connectivity index (χ2n) is 5.86. The molecule has 0 saturated carbocycles. The van der Waals surface area contributed by atoms with Gasteiger partial charge in [0.2, 0.25) is 0 Å². The minimum Gasteiger partial charge on any atom is -0.391 e. The maximum Gasteiger partial charge on any atom is 0.0761 e. The number of nitrogens with zero attached hydrogens (tertiary/aromatic N) is 1. The predicted molar refractivity (Wildman–Crippen MR) is 85.7 cm³/mol. The Kier molecular flexibility index (Phi) is 5.36. The molecule has 2 rings (SSSR count). The van der Waals surface area contributed by atoms with Crippen LogP contribution in [0, 0.1) is 0 Å². The van der Waals surface area contributed by atoms with Crippen LogP contribution in [-0.2, 0) is 6.42 Å². The van der Waals surface area contributed by atoms with E-state index in [0.717, 1.165) is 25.1 Å². The Balaban J connectivity index is 2.16. The molecule has 2 nitrogen and oxygen atoms in total. The molecule has 4 heteroatoms. The standard InChI is InChI=1S/C16H23Cl2NO/c1-3-16(2,19-8-4-5-9-19)15(20)11-12-10-13(17)6-7-14(12)18/h6-7,10,15,20H,3-5,8-9,11H2,1-2H3. The number of hydrogen-bond acceptors (Lipinski definition) is 2. The molecule has 0 radical (unpaired) electrons. The smallest absolute Gasteiger partial charge is 0.0761 e. The van der Waals surface area contributed by atoms with Gasteiger partial charge >= 0.3 is 0 Å². The van der Waals surface area contributed by atoms with E-state index in [0.29, 0.717) is 16.5 Å². The average molecular weight is 316 g/mol. The zero-order chi connectivity index (χ0) is 14.8. The summed E-state index contributed by atoms with van der Waals surface area (Å²) in [5.41, 5.74) is 0.729. The van der Waals surface area contributed by atoms with E-state index in [9.17, 15) is 5.11 Å². The monoisotopic (exact) mass is 315 g/mol. The van der Waals surface area contributed by atoms with E-state index in [1.807, 2.05) is 6.07 Å². The second kappa shape index (κ2) is 6.65. The molecular weight excluding hydrogens is 293 g/mol. The van der Waals surface area contributed by atoms with Crippen molar-refractivity contribution >= 4 is 23.2 Å². The zero-order valence-corrected chi connectivity index (χ0v) is 13.7. The molecule has 1 fully saturated rings. The largest absolute Gasteiger partial charge is 0.391 e. The molecule has 2 unspecified atom stereocenters. The normalized spacial score (nSPS) is 20.9. The Labute approximate surface area is 131 Å². The Hall–Kier alpha value is -0.280. The topological polar surface area (TPSA) is 23.5 Å². The SMILES string of the molecule is CCC(C)(C(O)Cc1cc(Cl)ccc1Cl)N1CCCC1. The molecule has 1 aromatic carbocycles. The van der Waals surface area contributed by atoms with Crippen LogP contribution in [0.1, 0.15) is 38.7 Å². The van der Waals surface area contributed by atoms with Gasteiger partial charge in [-0.25, -0.2) is 0 Å². The van der Waals surface area contributed by atoms with Gasteiger partial charge < -0.3 is 5.11 Å². The molecule has 0 aromatic heterocycles. The molecule has 1 N–H and O–H groups in total. The number of rotatable bonds is 5. The molecule has 1 aliphatic heterocycles. The van der Waals surface area contributed by atoms with Gasteiger partial charge in [-0.15, -0.1) is 0 Å². The molecule has 1 aromatic rings. The number of likely N-dealkylation sites (tertiary alicyclic amines) is 1. The van der Waals surface area contributed by atoms with Crippen LogP contribution in [0.5, 0.6) is 0 Å². The summed E-state index contributed by atoms with van der Waals surface area (Å²) in [5.74, 6) is 0. The molecule has 1 saturated heterocycles. The Morgan fingerprint density at radius 3 is 2.55 bits per heavy atom. The lowest BCUT2D eigenvalue weighted by Gasteiger charge is -2.42. The van der Waals surface area contributed by atoms with Crippen molar-refractivity contribution in [2.75, 3.05) is 13.1 Å². The van der Waals surface area contributed by atoms with Crippen LogP contribution in [0.2, 0.25) is 10.0 Å². The molecule has 0 amide bonds. The summed E-state index contributed by atoms with van der Waals surface area (Å²) < 4.78 is 0. The fourth-order valence-corrected chi connectivity index (χ4v) is 3.42. The van der Waals surface area contributed by atoms with E-state index >= 15 is 0 Å². The van der Waals surface area contributed by atoms with Gasteiger partial charge in [0.25, 0.3) is 0 Å². The third-order valence-electron chi connectivity index (χ3n) is 4.68. The van der Waals surface area contributed by atoms with Crippen LogP contribution < -0.4 is 0 Å². The minimum absolute atomic E-state index is 0.192. The summed E-state index contributed by atoms with van der Waals surface area (Å²) in [7, 11) is 0. The van der Waals surface area contributed by atoms with Crippen LogP contribution in [0.4, 0.5) is 0 Å². The Morgan fingerprint density at radius 2 is 1.95 bits per heavy atom. The van der Waals surface area contributed by atoms with Crippen molar-refractivity contribution in [2.24, 2.45) is 0 Å². The molecule has 1 aliphatic rings. The van der Waals surface area contributed by atoms with Gasteiger partial charge in [0.05, 0.1) is 6.10 Å². The quantitative estimate of drug-likeness (QED) is 0.881. The second-order valence-corrected chi connectivity index (χ2v) is 6.70. The van der Waals surface area contributed by atoms with Crippen LogP contribution in [0.25, 0.3) is 0 Å². The summed E-state index contributed by atoms with van der Waals surface area (Å²) in [6.45, 7) is 6.44. The highest BCUT2D eigenvalue weighted by atomic mass is 35.5. The number of aliphatic hydroxyl groups is 1. The average Bonchev–Trinajstić information content (AvgIpc) is 2.96. The first-order valence-corrected chi connectivity index (χ1v) is 8.10. The van der Waals surface area contributed by atoms with Crippen molar-refractivity contribution in [3.05, 3.63) is 33.8 Å². The van der Waals surface area contributed by atoms with Gasteiger partial charge in [-0.2, -0.15) is 0 Å². The highest BCUT2D eigenvalue weighted by molar-refractivity contribution is 6.33. The number of halogens is 2. The van der Waals surface area contributed by atoms with E-state index in [4.69, 9.17) is 23.2 Å². The summed E-state index contributed by atoms with van der Waals surface area (Å²) in [6.07, 6.45) is 3.47. The predicted octanol–water partition coefficient (Wildman–Crippen LogP) is 4.16. The summed E-state index contributed by atoms with van der Waals surface area (Å²) in [5, 5.41) is 12.1. The van der Waals surface area contributed by atoms with Gasteiger partial charge in [0.1, 0.15) is 0 Å². The maximum atomic E-state index is 10.8. The van der Waals surface area contributed by atoms with Gasteiger partial charge in [-0.1, -0.05) is 30.1 Å². The number of hydrogen-bond donors (Lipinski definition) is 1. The van der Waals surface area contributed by atoms with Crippen molar-refractivity contribution in [3.63, 3.8) is 0 Å². The maximum absolute atomic E-state index is 10.8. The fraction of sp³-hybridized carbons (Fsp3) is 0.625. The number of benzene rings is 1. The summed E-state index contributed by atoms with van der Waals surface area (Å²) in [4.78, 5) is 2.41. The van der Waals surface area contributed by atoms with Gasteiger partial charge in [0, 0.05) is 22.0 Å². The van der Waals surface area contributed by atoms with Crippen molar-refractivity contribution < 1.29 is 5.11 Å². The van der Waals surface area contributed by atoms with Crippen LogP contribution >= 0.6 is 23.2 Å². The van der Waals surface area contributed by atoms with Crippen molar-refractivity contribution in [1.29, 1.82) is 0 Å². The van der Waals surface area contributed by atoms with E-state index in [1.165, 1.54) is 12.8 Å². The minimum atomic E-state index is -0.443. The van der Waals surface area contributed by atoms with E-state index in [1.54, 1.807) is 12.1 Å². The highest BCUT2D eigenvalue weighted by Crippen LogP contribution is 2.31. The molecule has 2 atom stereocenters. The van der Waals surface area contributed by atoms with Crippen molar-refractivity contribution in [2.45, 2.75) is 51.2 Å². The first kappa shape index (κ1) is 16.1. The first-order chi connectivity index (χ1) is 9.47. The fourth-order valence-electron chi connectivity index (χ4n) is 3.03. The van der Waals surface area contributed by atoms with Crippen molar-refractivity contribution in [1.82, 2.24) is 4.90 Å². The molecule has 112 valence electrons. The summed E-state index contributed by atoms with van der Waals surface area (Å²) >= 11 is 12.2. The van der Waals surface area contributed by atoms with E-state index in [2.05, 4.69) is 18.7 Å². The highest BCUT2D eigenvalue weighted by Gasteiger charge is 2.38. The van der Waals surface area contributed by atoms with Gasteiger partial charge in [0.15, 0.2) is 0 Å².